The molecule has 0 atom stereocenters. The molecule has 0 unspecified atom stereocenters. The molecule has 0 fully saturated rings. The molecule has 0 aliphatic heterocycles. The first-order chi connectivity index (χ1) is 7.13. The lowest BCUT2D eigenvalue weighted by molar-refractivity contribution is -0.135. The van der Waals surface area contributed by atoms with Gasteiger partial charge in [-0.25, -0.2) is 4.79 Å². The van der Waals surface area contributed by atoms with Gasteiger partial charge < -0.3 is 19.5 Å². The van der Waals surface area contributed by atoms with E-state index in [0.29, 0.717) is 0 Å². The molecule has 0 aliphatic rings. The van der Waals surface area contributed by atoms with Crippen molar-refractivity contribution in [1.29, 1.82) is 0 Å². The second kappa shape index (κ2) is 7.95. The maximum absolute atomic E-state index is 11.1. The first kappa shape index (κ1) is 13.6. The Morgan fingerprint density at radius 1 is 1.20 bits per heavy atom. The standard InChI is InChI=1S/C9H15NO5/c1-13-8(12)5-4-7(11)10-6-9(14-2)15-3/h4-5,9H,6H2,1-3H3,(H,10,11). The number of esters is 1. The Morgan fingerprint density at radius 2 is 1.80 bits per heavy atom. The van der Waals surface area contributed by atoms with Crippen LogP contribution in [0.4, 0.5) is 0 Å². The van der Waals surface area contributed by atoms with Gasteiger partial charge in [-0.15, -0.1) is 0 Å². The minimum absolute atomic E-state index is 0.206. The third-order valence-corrected chi connectivity index (χ3v) is 1.54. The first-order valence-corrected chi connectivity index (χ1v) is 4.23. The maximum atomic E-state index is 11.1. The van der Waals surface area contributed by atoms with E-state index >= 15 is 0 Å². The largest absolute Gasteiger partial charge is 0.466 e. The first-order valence-electron chi connectivity index (χ1n) is 4.23. The highest BCUT2D eigenvalue weighted by Crippen LogP contribution is 1.87. The average Bonchev–Trinajstić information content (AvgIpc) is 2.27. The second-order valence-corrected chi connectivity index (χ2v) is 2.50. The van der Waals surface area contributed by atoms with Crippen molar-refractivity contribution in [2.75, 3.05) is 27.9 Å². The van der Waals surface area contributed by atoms with Crippen LogP contribution in [0.3, 0.4) is 0 Å². The molecule has 0 rings (SSSR count). The van der Waals surface area contributed by atoms with E-state index < -0.39 is 18.2 Å². The van der Waals surface area contributed by atoms with Crippen LogP contribution in [-0.2, 0) is 23.8 Å². The lowest BCUT2D eigenvalue weighted by Gasteiger charge is -2.12. The molecule has 0 aliphatic carbocycles. The highest BCUT2D eigenvalue weighted by molar-refractivity contribution is 5.94. The summed E-state index contributed by atoms with van der Waals surface area (Å²) in [6.45, 7) is 0.206. The van der Waals surface area contributed by atoms with Gasteiger partial charge in [0.1, 0.15) is 0 Å². The molecule has 0 saturated heterocycles. The summed E-state index contributed by atoms with van der Waals surface area (Å²) in [4.78, 5) is 21.7. The zero-order chi connectivity index (χ0) is 11.7. The van der Waals surface area contributed by atoms with Crippen molar-refractivity contribution in [2.45, 2.75) is 6.29 Å². The maximum Gasteiger partial charge on any atom is 0.330 e. The van der Waals surface area contributed by atoms with Gasteiger partial charge >= 0.3 is 5.97 Å². The SMILES string of the molecule is COC(=O)C=CC(=O)NCC(OC)OC. The van der Waals surface area contributed by atoms with Crippen molar-refractivity contribution >= 4 is 11.9 Å². The smallest absolute Gasteiger partial charge is 0.330 e. The van der Waals surface area contributed by atoms with Gasteiger partial charge in [-0.3, -0.25) is 4.79 Å². The van der Waals surface area contributed by atoms with Gasteiger partial charge in [-0.05, 0) is 0 Å². The normalized spacial score (nSPS) is 10.7. The Bertz CT molecular complexity index is 235. The summed E-state index contributed by atoms with van der Waals surface area (Å²) in [5.41, 5.74) is 0. The molecule has 6 heteroatoms. The van der Waals surface area contributed by atoms with Crippen molar-refractivity contribution in [3.05, 3.63) is 12.2 Å². The van der Waals surface area contributed by atoms with Crippen LogP contribution in [0.25, 0.3) is 0 Å². The third kappa shape index (κ3) is 6.64. The van der Waals surface area contributed by atoms with Crippen molar-refractivity contribution < 1.29 is 23.8 Å². The van der Waals surface area contributed by atoms with Crippen LogP contribution in [0, 0.1) is 0 Å². The van der Waals surface area contributed by atoms with Crippen LogP contribution in [-0.4, -0.2) is 46.0 Å². The van der Waals surface area contributed by atoms with E-state index in [0.717, 1.165) is 12.2 Å². The van der Waals surface area contributed by atoms with E-state index in [2.05, 4.69) is 10.1 Å². The number of methoxy groups -OCH3 is 3. The zero-order valence-electron chi connectivity index (χ0n) is 8.98. The fraction of sp³-hybridized carbons (Fsp3) is 0.556. The molecule has 0 aromatic heterocycles. The molecule has 0 saturated carbocycles. The predicted molar refractivity (Wildman–Crippen MR) is 52.0 cm³/mol. The molecule has 0 radical (unpaired) electrons. The fourth-order valence-electron chi connectivity index (χ4n) is 0.718. The molecule has 86 valence electrons. The summed E-state index contributed by atoms with van der Waals surface area (Å²) >= 11 is 0. The molecule has 15 heavy (non-hydrogen) atoms. The number of rotatable bonds is 6. The average molecular weight is 217 g/mol. The Morgan fingerprint density at radius 3 is 2.27 bits per heavy atom. The van der Waals surface area contributed by atoms with E-state index in [-0.39, 0.29) is 6.54 Å². The number of carbonyl (C=O) groups excluding carboxylic acids is 2. The lowest BCUT2D eigenvalue weighted by atomic mass is 10.4. The number of hydrogen-bond donors (Lipinski definition) is 1. The monoisotopic (exact) mass is 217 g/mol. The van der Waals surface area contributed by atoms with Gasteiger partial charge in [0.2, 0.25) is 5.91 Å². The highest BCUT2D eigenvalue weighted by atomic mass is 16.7. The topological polar surface area (TPSA) is 73.9 Å². The minimum atomic E-state index is -0.583. The molecule has 0 aromatic carbocycles. The number of ether oxygens (including phenoxy) is 3. The number of carbonyl (C=O) groups is 2. The molecule has 6 nitrogen and oxygen atoms in total. The van der Waals surface area contributed by atoms with E-state index in [1.54, 1.807) is 0 Å². The van der Waals surface area contributed by atoms with Gasteiger partial charge in [-0.2, -0.15) is 0 Å². The lowest BCUT2D eigenvalue weighted by Crippen LogP contribution is -2.33. The van der Waals surface area contributed by atoms with E-state index in [9.17, 15) is 9.59 Å². The van der Waals surface area contributed by atoms with Crippen molar-refractivity contribution in [1.82, 2.24) is 5.32 Å². The molecule has 0 spiro atoms. The molecular weight excluding hydrogens is 202 g/mol. The molecular formula is C9H15NO5. The summed E-state index contributed by atoms with van der Waals surface area (Å²) in [6.07, 6.45) is 1.61. The van der Waals surface area contributed by atoms with Gasteiger partial charge in [-0.1, -0.05) is 0 Å². The summed E-state index contributed by atoms with van der Waals surface area (Å²) in [6, 6.07) is 0. The molecule has 1 N–H and O–H groups in total. The highest BCUT2D eigenvalue weighted by Gasteiger charge is 2.05. The van der Waals surface area contributed by atoms with Crippen LogP contribution >= 0.6 is 0 Å². The third-order valence-electron chi connectivity index (χ3n) is 1.54. The predicted octanol–water partition coefficient (Wildman–Crippen LogP) is -0.549. The van der Waals surface area contributed by atoms with Gasteiger partial charge in [0.05, 0.1) is 13.7 Å². The Labute approximate surface area is 88.2 Å². The van der Waals surface area contributed by atoms with Gasteiger partial charge in [0, 0.05) is 26.4 Å². The Hall–Kier alpha value is -1.40. The van der Waals surface area contributed by atoms with E-state index in [1.807, 2.05) is 0 Å². The Kier molecular flexibility index (Phi) is 7.21. The molecule has 0 heterocycles. The van der Waals surface area contributed by atoms with Crippen molar-refractivity contribution in [3.63, 3.8) is 0 Å². The Balaban J connectivity index is 3.84. The quantitative estimate of drug-likeness (QED) is 0.367. The van der Waals surface area contributed by atoms with Crippen LogP contribution in [0.2, 0.25) is 0 Å². The molecule has 0 bridgehead atoms. The second-order valence-electron chi connectivity index (χ2n) is 2.50. The van der Waals surface area contributed by atoms with E-state index in [4.69, 9.17) is 9.47 Å². The van der Waals surface area contributed by atoms with Crippen LogP contribution < -0.4 is 5.32 Å². The van der Waals surface area contributed by atoms with Crippen LogP contribution in [0.5, 0.6) is 0 Å². The fourth-order valence-corrected chi connectivity index (χ4v) is 0.718. The number of nitrogens with one attached hydrogen (secondary N) is 1. The van der Waals surface area contributed by atoms with Crippen LogP contribution in [0.15, 0.2) is 12.2 Å². The van der Waals surface area contributed by atoms with E-state index in [1.165, 1.54) is 21.3 Å². The number of amides is 1. The minimum Gasteiger partial charge on any atom is -0.466 e. The summed E-state index contributed by atoms with van der Waals surface area (Å²) in [5, 5.41) is 2.48. The van der Waals surface area contributed by atoms with Crippen molar-refractivity contribution in [3.8, 4) is 0 Å². The zero-order valence-corrected chi connectivity index (χ0v) is 8.98. The molecule has 1 amide bonds. The van der Waals surface area contributed by atoms with Crippen LogP contribution in [0.1, 0.15) is 0 Å². The summed E-state index contributed by atoms with van der Waals surface area (Å²) in [7, 11) is 4.16. The van der Waals surface area contributed by atoms with Gasteiger partial charge in [0.25, 0.3) is 0 Å². The summed E-state index contributed by atoms with van der Waals surface area (Å²) in [5.74, 6) is -1.00. The molecule has 0 aromatic rings. The summed E-state index contributed by atoms with van der Waals surface area (Å²) < 4.78 is 14.0. The van der Waals surface area contributed by atoms with Crippen molar-refractivity contribution in [2.24, 2.45) is 0 Å². The number of hydrogen-bond acceptors (Lipinski definition) is 5. The van der Waals surface area contributed by atoms with Gasteiger partial charge in [0.15, 0.2) is 6.29 Å².